The lowest BCUT2D eigenvalue weighted by Crippen LogP contribution is -2.01. The van der Waals surface area contributed by atoms with Crippen LogP contribution in [-0.4, -0.2) is 12.3 Å². The van der Waals surface area contributed by atoms with E-state index in [1.807, 2.05) is 24.3 Å². The molecule has 0 unspecified atom stereocenters. The first-order valence-corrected chi connectivity index (χ1v) is 5.29. The molecular formula is C10H13ClN2S. The van der Waals surface area contributed by atoms with Crippen molar-refractivity contribution in [3.8, 4) is 6.07 Å². The molecule has 0 aliphatic heterocycles. The molecule has 0 spiro atoms. The van der Waals surface area contributed by atoms with Crippen molar-refractivity contribution in [3.05, 3.63) is 35.4 Å². The van der Waals surface area contributed by atoms with Crippen LogP contribution in [0.2, 0.25) is 0 Å². The maximum absolute atomic E-state index is 8.66. The minimum atomic E-state index is 0. The molecule has 0 aliphatic rings. The van der Waals surface area contributed by atoms with Gasteiger partial charge in [0.05, 0.1) is 11.6 Å². The maximum Gasteiger partial charge on any atom is 0.0991 e. The van der Waals surface area contributed by atoms with Crippen LogP contribution in [0.4, 0.5) is 0 Å². The first-order chi connectivity index (χ1) is 6.36. The summed E-state index contributed by atoms with van der Waals surface area (Å²) in [5.74, 6) is 1.91. The molecular weight excluding hydrogens is 216 g/mol. The van der Waals surface area contributed by atoms with Gasteiger partial charge in [0.1, 0.15) is 0 Å². The first-order valence-electron chi connectivity index (χ1n) is 4.13. The molecule has 4 heteroatoms. The summed E-state index contributed by atoms with van der Waals surface area (Å²) < 4.78 is 0. The van der Waals surface area contributed by atoms with Crippen LogP contribution in [0.15, 0.2) is 24.3 Å². The molecule has 1 rings (SSSR count). The average molecular weight is 229 g/mol. The summed E-state index contributed by atoms with van der Waals surface area (Å²) in [4.78, 5) is 0. The summed E-state index contributed by atoms with van der Waals surface area (Å²) in [6.45, 7) is 0.711. The molecule has 1 aromatic rings. The van der Waals surface area contributed by atoms with Gasteiger partial charge in [0.25, 0.3) is 0 Å². The fourth-order valence-electron chi connectivity index (χ4n) is 1.00. The van der Waals surface area contributed by atoms with Crippen molar-refractivity contribution in [1.82, 2.24) is 0 Å². The summed E-state index contributed by atoms with van der Waals surface area (Å²) in [6.07, 6.45) is 0. The number of hydrogen-bond acceptors (Lipinski definition) is 3. The largest absolute Gasteiger partial charge is 0.330 e. The zero-order chi connectivity index (χ0) is 9.52. The lowest BCUT2D eigenvalue weighted by atomic mass is 10.2. The molecule has 2 N–H and O–H groups in total. The fourth-order valence-corrected chi connectivity index (χ4v) is 1.73. The average Bonchev–Trinajstić information content (AvgIpc) is 2.19. The normalized spacial score (nSPS) is 8.86. The Morgan fingerprint density at radius 2 is 2.21 bits per heavy atom. The van der Waals surface area contributed by atoms with Crippen molar-refractivity contribution in [3.63, 3.8) is 0 Å². The zero-order valence-corrected chi connectivity index (χ0v) is 9.40. The second-order valence-corrected chi connectivity index (χ2v) is 3.76. The molecule has 0 saturated heterocycles. The zero-order valence-electron chi connectivity index (χ0n) is 7.77. The number of benzene rings is 1. The summed E-state index contributed by atoms with van der Waals surface area (Å²) in [7, 11) is 0. The summed E-state index contributed by atoms with van der Waals surface area (Å²) in [6, 6.07) is 9.81. The molecule has 0 heterocycles. The Bertz CT molecular complexity index is 309. The van der Waals surface area contributed by atoms with Gasteiger partial charge in [0.15, 0.2) is 0 Å². The van der Waals surface area contributed by atoms with E-state index >= 15 is 0 Å². The third-order valence-corrected chi connectivity index (χ3v) is 2.65. The van der Waals surface area contributed by atoms with Gasteiger partial charge in [-0.2, -0.15) is 17.0 Å². The number of hydrogen-bond donors (Lipinski definition) is 1. The van der Waals surface area contributed by atoms with Crippen LogP contribution >= 0.6 is 24.2 Å². The van der Waals surface area contributed by atoms with Gasteiger partial charge in [0, 0.05) is 18.1 Å². The van der Waals surface area contributed by atoms with Gasteiger partial charge in [-0.25, -0.2) is 0 Å². The van der Waals surface area contributed by atoms with Gasteiger partial charge < -0.3 is 5.73 Å². The number of nitrogens with zero attached hydrogens (tertiary/aromatic N) is 1. The predicted octanol–water partition coefficient (Wildman–Crippen LogP) is 2.17. The Labute approximate surface area is 94.9 Å². The van der Waals surface area contributed by atoms with E-state index in [1.54, 1.807) is 11.8 Å². The van der Waals surface area contributed by atoms with Gasteiger partial charge in [-0.1, -0.05) is 12.1 Å². The van der Waals surface area contributed by atoms with E-state index in [0.29, 0.717) is 6.54 Å². The Kier molecular flexibility index (Phi) is 7.31. The summed E-state index contributed by atoms with van der Waals surface area (Å²) >= 11 is 1.79. The molecule has 2 nitrogen and oxygen atoms in total. The van der Waals surface area contributed by atoms with E-state index in [-0.39, 0.29) is 12.4 Å². The van der Waals surface area contributed by atoms with Crippen LogP contribution in [-0.2, 0) is 5.75 Å². The highest BCUT2D eigenvalue weighted by Gasteiger charge is 1.94. The maximum atomic E-state index is 8.66. The molecule has 0 amide bonds. The van der Waals surface area contributed by atoms with Crippen LogP contribution in [0.25, 0.3) is 0 Å². The van der Waals surface area contributed by atoms with E-state index in [0.717, 1.165) is 17.1 Å². The third kappa shape index (κ3) is 4.52. The lowest BCUT2D eigenvalue weighted by Gasteiger charge is -2.00. The number of thioether (sulfide) groups is 1. The van der Waals surface area contributed by atoms with Crippen molar-refractivity contribution < 1.29 is 0 Å². The van der Waals surface area contributed by atoms with Crippen molar-refractivity contribution in [2.45, 2.75) is 5.75 Å². The van der Waals surface area contributed by atoms with Gasteiger partial charge in [-0.15, -0.1) is 12.4 Å². The number of nitrogens with two attached hydrogens (primary N) is 1. The second kappa shape index (κ2) is 7.69. The van der Waals surface area contributed by atoms with Crippen molar-refractivity contribution >= 4 is 24.2 Å². The van der Waals surface area contributed by atoms with Gasteiger partial charge in [-0.3, -0.25) is 0 Å². The minimum absolute atomic E-state index is 0. The Balaban J connectivity index is 0.00000169. The van der Waals surface area contributed by atoms with Crippen LogP contribution in [0.5, 0.6) is 0 Å². The van der Waals surface area contributed by atoms with E-state index in [4.69, 9.17) is 11.0 Å². The van der Waals surface area contributed by atoms with E-state index < -0.39 is 0 Å². The molecule has 0 aliphatic carbocycles. The van der Waals surface area contributed by atoms with E-state index in [9.17, 15) is 0 Å². The molecule has 14 heavy (non-hydrogen) atoms. The van der Waals surface area contributed by atoms with Crippen LogP contribution < -0.4 is 5.73 Å². The van der Waals surface area contributed by atoms with Crippen molar-refractivity contribution in [1.29, 1.82) is 5.26 Å². The molecule has 0 radical (unpaired) electrons. The predicted molar refractivity (Wildman–Crippen MR) is 63.6 cm³/mol. The fraction of sp³-hybridized carbons (Fsp3) is 0.300. The highest BCUT2D eigenvalue weighted by atomic mass is 35.5. The standard InChI is InChI=1S/C10H12N2S.ClH/c11-4-5-13-8-10-3-1-2-9(6-10)7-12;/h1-3,6H,4-5,8,11H2;1H. The minimum Gasteiger partial charge on any atom is -0.330 e. The number of halogens is 1. The number of nitriles is 1. The lowest BCUT2D eigenvalue weighted by molar-refractivity contribution is 1.15. The Morgan fingerprint density at radius 3 is 2.86 bits per heavy atom. The van der Waals surface area contributed by atoms with E-state index in [1.165, 1.54) is 5.56 Å². The highest BCUT2D eigenvalue weighted by molar-refractivity contribution is 7.98. The second-order valence-electron chi connectivity index (χ2n) is 2.65. The van der Waals surface area contributed by atoms with Crippen LogP contribution in [0.1, 0.15) is 11.1 Å². The smallest absolute Gasteiger partial charge is 0.0991 e. The first kappa shape index (κ1) is 13.3. The highest BCUT2D eigenvalue weighted by Crippen LogP contribution is 2.12. The van der Waals surface area contributed by atoms with Crippen molar-refractivity contribution in [2.75, 3.05) is 12.3 Å². The van der Waals surface area contributed by atoms with Crippen LogP contribution in [0.3, 0.4) is 0 Å². The quantitative estimate of drug-likeness (QED) is 0.804. The molecule has 0 atom stereocenters. The summed E-state index contributed by atoms with van der Waals surface area (Å²) in [5.41, 5.74) is 7.30. The molecule has 0 aromatic heterocycles. The van der Waals surface area contributed by atoms with Gasteiger partial charge in [-0.05, 0) is 17.7 Å². The molecule has 0 bridgehead atoms. The molecule has 0 saturated carbocycles. The molecule has 0 fully saturated rings. The SMILES string of the molecule is Cl.N#Cc1cccc(CSCCN)c1. The van der Waals surface area contributed by atoms with E-state index in [2.05, 4.69) is 6.07 Å². The molecule has 76 valence electrons. The molecule has 1 aromatic carbocycles. The Hall–Kier alpha value is -0.690. The monoisotopic (exact) mass is 228 g/mol. The Morgan fingerprint density at radius 1 is 1.43 bits per heavy atom. The topological polar surface area (TPSA) is 49.8 Å². The van der Waals surface area contributed by atoms with Gasteiger partial charge >= 0.3 is 0 Å². The third-order valence-electron chi connectivity index (χ3n) is 1.59. The number of rotatable bonds is 4. The van der Waals surface area contributed by atoms with Gasteiger partial charge in [0.2, 0.25) is 0 Å². The summed E-state index contributed by atoms with van der Waals surface area (Å²) in [5, 5.41) is 8.66. The van der Waals surface area contributed by atoms with Crippen LogP contribution in [0, 0.1) is 11.3 Å². The van der Waals surface area contributed by atoms with Crippen molar-refractivity contribution in [2.24, 2.45) is 5.73 Å².